The smallest absolute Gasteiger partial charge is 0.135 e. The van der Waals surface area contributed by atoms with Crippen molar-refractivity contribution in [2.75, 3.05) is 13.6 Å². The van der Waals surface area contributed by atoms with Gasteiger partial charge in [0.2, 0.25) is 0 Å². The maximum Gasteiger partial charge on any atom is 0.135 e. The summed E-state index contributed by atoms with van der Waals surface area (Å²) in [6.45, 7) is 1.07. The van der Waals surface area contributed by atoms with Gasteiger partial charge in [0.1, 0.15) is 10.8 Å². The quantitative estimate of drug-likeness (QED) is 0.725. The molecule has 1 saturated heterocycles. The van der Waals surface area contributed by atoms with E-state index in [2.05, 4.69) is 16.9 Å². The third-order valence-electron chi connectivity index (χ3n) is 3.16. The van der Waals surface area contributed by atoms with Gasteiger partial charge in [0.05, 0.1) is 0 Å². The predicted octanol–water partition coefficient (Wildman–Crippen LogP) is 3.92. The van der Waals surface area contributed by atoms with E-state index in [1.807, 2.05) is 24.3 Å². The lowest BCUT2D eigenvalue weighted by molar-refractivity contribution is 0.495. The van der Waals surface area contributed by atoms with Gasteiger partial charge >= 0.3 is 0 Å². The molecule has 0 spiro atoms. The Kier molecular flexibility index (Phi) is 4.72. The predicted molar refractivity (Wildman–Crippen MR) is 81.7 cm³/mol. The van der Waals surface area contributed by atoms with Crippen molar-refractivity contribution in [3.8, 4) is 0 Å². The van der Waals surface area contributed by atoms with Crippen molar-refractivity contribution in [3.63, 3.8) is 0 Å². The number of hydrogen-bond donors (Lipinski definition) is 0. The van der Waals surface area contributed by atoms with Crippen LogP contribution in [0.2, 0.25) is 5.02 Å². The second-order valence-electron chi connectivity index (χ2n) is 4.57. The van der Waals surface area contributed by atoms with Crippen LogP contribution in [0.5, 0.6) is 0 Å². The van der Waals surface area contributed by atoms with E-state index >= 15 is 0 Å². The van der Waals surface area contributed by atoms with Crippen LogP contribution in [0, 0.1) is 0 Å². The number of aliphatic imine (C=N–C) groups is 1. The number of likely N-dealkylation sites (tertiary alicyclic amines) is 1. The first-order chi connectivity index (χ1) is 8.66. The fourth-order valence-corrected chi connectivity index (χ4v) is 2.41. The molecule has 0 aromatic heterocycles. The van der Waals surface area contributed by atoms with Gasteiger partial charge in [-0.05, 0) is 25.0 Å². The van der Waals surface area contributed by atoms with E-state index in [1.54, 1.807) is 0 Å². The zero-order chi connectivity index (χ0) is 13.0. The van der Waals surface area contributed by atoms with Crippen LogP contribution in [0.1, 0.15) is 31.2 Å². The molecule has 0 bridgehead atoms. The molecule has 1 aliphatic heterocycles. The molecule has 1 aliphatic rings. The van der Waals surface area contributed by atoms with Crippen molar-refractivity contribution in [1.82, 2.24) is 4.90 Å². The maximum atomic E-state index is 5.87. The van der Waals surface area contributed by atoms with E-state index in [1.165, 1.54) is 19.3 Å². The van der Waals surface area contributed by atoms with Crippen molar-refractivity contribution >= 4 is 34.6 Å². The van der Waals surface area contributed by atoms with Crippen molar-refractivity contribution in [2.45, 2.75) is 25.7 Å². The highest BCUT2D eigenvalue weighted by atomic mass is 35.5. The molecular weight excluding hydrogens is 264 g/mol. The van der Waals surface area contributed by atoms with E-state index in [4.69, 9.17) is 23.8 Å². The lowest BCUT2D eigenvalue weighted by Gasteiger charge is -2.18. The summed E-state index contributed by atoms with van der Waals surface area (Å²) in [7, 11) is 2.09. The maximum absolute atomic E-state index is 5.87. The Morgan fingerprint density at radius 3 is 2.67 bits per heavy atom. The summed E-state index contributed by atoms with van der Waals surface area (Å²) in [4.78, 5) is 7.47. The Morgan fingerprint density at radius 1 is 1.22 bits per heavy atom. The Morgan fingerprint density at radius 2 is 1.94 bits per heavy atom. The molecule has 1 fully saturated rings. The first-order valence-electron chi connectivity index (χ1n) is 6.25. The summed E-state index contributed by atoms with van der Waals surface area (Å²) >= 11 is 11.3. The van der Waals surface area contributed by atoms with Gasteiger partial charge in [-0.3, -0.25) is 0 Å². The van der Waals surface area contributed by atoms with E-state index in [0.29, 0.717) is 4.99 Å². The summed E-state index contributed by atoms with van der Waals surface area (Å²) in [6.07, 6.45) is 4.73. The first kappa shape index (κ1) is 13.5. The van der Waals surface area contributed by atoms with Crippen LogP contribution in [0.4, 0.5) is 0 Å². The molecule has 18 heavy (non-hydrogen) atoms. The molecule has 1 heterocycles. The Balaban J connectivity index is 2.15. The Bertz CT molecular complexity index is 453. The molecule has 2 nitrogen and oxygen atoms in total. The number of rotatable bonds is 1. The minimum Gasteiger partial charge on any atom is -0.363 e. The van der Waals surface area contributed by atoms with Gasteiger partial charge in [0, 0.05) is 30.6 Å². The minimum absolute atomic E-state index is 0.649. The third kappa shape index (κ3) is 3.53. The topological polar surface area (TPSA) is 15.6 Å². The van der Waals surface area contributed by atoms with E-state index in [0.717, 1.165) is 29.4 Å². The molecule has 0 amide bonds. The number of nitrogens with zero attached hydrogens (tertiary/aromatic N) is 2. The van der Waals surface area contributed by atoms with Gasteiger partial charge in [-0.25, -0.2) is 4.99 Å². The summed E-state index contributed by atoms with van der Waals surface area (Å²) < 4.78 is 0. The first-order valence-corrected chi connectivity index (χ1v) is 7.04. The zero-order valence-electron chi connectivity index (χ0n) is 10.5. The van der Waals surface area contributed by atoms with Gasteiger partial charge in [-0.1, -0.05) is 42.4 Å². The largest absolute Gasteiger partial charge is 0.363 e. The number of benzene rings is 1. The monoisotopic (exact) mass is 280 g/mol. The Hall–Kier alpha value is -0.930. The van der Waals surface area contributed by atoms with Gasteiger partial charge in [0.25, 0.3) is 0 Å². The molecule has 0 radical (unpaired) electrons. The Labute approximate surface area is 119 Å². The average molecular weight is 281 g/mol. The standard InChI is InChI=1S/C14H17ClN2S/c1-17-10-4-2-3-5-13(17)16-14(18)11-6-8-12(15)9-7-11/h6-9H,2-5,10H2,1H3. The molecule has 0 unspecified atom stereocenters. The molecular formula is C14H17ClN2S. The lowest BCUT2D eigenvalue weighted by Crippen LogP contribution is -2.26. The highest BCUT2D eigenvalue weighted by Gasteiger charge is 2.12. The van der Waals surface area contributed by atoms with E-state index in [9.17, 15) is 0 Å². The number of amidine groups is 1. The summed E-state index contributed by atoms with van der Waals surface area (Å²) in [5.41, 5.74) is 0.958. The van der Waals surface area contributed by atoms with Gasteiger partial charge in [-0.15, -0.1) is 0 Å². The van der Waals surface area contributed by atoms with Crippen LogP contribution < -0.4 is 0 Å². The fraction of sp³-hybridized carbons (Fsp3) is 0.429. The number of halogens is 1. The molecule has 4 heteroatoms. The molecule has 0 saturated carbocycles. The molecule has 0 atom stereocenters. The van der Waals surface area contributed by atoms with Crippen LogP contribution in [0.25, 0.3) is 0 Å². The summed E-state index contributed by atoms with van der Waals surface area (Å²) in [5, 5.41) is 0.723. The second kappa shape index (κ2) is 6.30. The van der Waals surface area contributed by atoms with Gasteiger partial charge in [0.15, 0.2) is 0 Å². The highest BCUT2D eigenvalue weighted by molar-refractivity contribution is 7.80. The SMILES string of the molecule is CN1CCCCCC1=NC(=S)c1ccc(Cl)cc1. The summed E-state index contributed by atoms with van der Waals surface area (Å²) in [6, 6.07) is 7.54. The van der Waals surface area contributed by atoms with Crippen molar-refractivity contribution in [1.29, 1.82) is 0 Å². The van der Waals surface area contributed by atoms with E-state index in [-0.39, 0.29) is 0 Å². The minimum atomic E-state index is 0.649. The second-order valence-corrected chi connectivity index (χ2v) is 5.40. The van der Waals surface area contributed by atoms with Crippen molar-refractivity contribution < 1.29 is 0 Å². The molecule has 1 aromatic rings. The molecule has 0 N–H and O–H groups in total. The molecule has 2 rings (SSSR count). The van der Waals surface area contributed by atoms with Crippen molar-refractivity contribution in [2.24, 2.45) is 4.99 Å². The normalized spacial score (nSPS) is 18.8. The number of hydrogen-bond acceptors (Lipinski definition) is 1. The number of thiocarbonyl (C=S) groups is 1. The lowest BCUT2D eigenvalue weighted by atomic mass is 10.2. The molecule has 0 aliphatic carbocycles. The van der Waals surface area contributed by atoms with Crippen LogP contribution in [-0.2, 0) is 0 Å². The highest BCUT2D eigenvalue weighted by Crippen LogP contribution is 2.14. The van der Waals surface area contributed by atoms with Crippen LogP contribution in [-0.4, -0.2) is 29.3 Å². The van der Waals surface area contributed by atoms with Gasteiger partial charge in [-0.2, -0.15) is 0 Å². The fourth-order valence-electron chi connectivity index (χ4n) is 2.04. The molecule has 1 aromatic carbocycles. The average Bonchev–Trinajstić information content (AvgIpc) is 2.56. The van der Waals surface area contributed by atoms with Crippen LogP contribution >= 0.6 is 23.8 Å². The van der Waals surface area contributed by atoms with Crippen LogP contribution in [0.3, 0.4) is 0 Å². The zero-order valence-corrected chi connectivity index (χ0v) is 12.1. The third-order valence-corrected chi connectivity index (χ3v) is 3.74. The van der Waals surface area contributed by atoms with E-state index < -0.39 is 0 Å². The van der Waals surface area contributed by atoms with Crippen LogP contribution in [0.15, 0.2) is 29.3 Å². The summed E-state index contributed by atoms with van der Waals surface area (Å²) in [5.74, 6) is 1.10. The van der Waals surface area contributed by atoms with Crippen molar-refractivity contribution in [3.05, 3.63) is 34.9 Å². The van der Waals surface area contributed by atoms with Gasteiger partial charge < -0.3 is 4.90 Å². The molecule has 96 valence electrons.